The van der Waals surface area contributed by atoms with Crippen LogP contribution in [0.2, 0.25) is 0 Å². The Hall–Kier alpha value is 0. The first-order valence-corrected chi connectivity index (χ1v) is 2.00. The molecule has 0 saturated carbocycles. The lowest BCUT2D eigenvalue weighted by Crippen LogP contribution is -2.00. The first-order valence-electron chi connectivity index (χ1n) is 4.50. The standard InChI is InChI=1S/C6H14/c1-5-6(2,3)4/h5H2,1-4H3/i2D3,5D2. The summed E-state index contributed by atoms with van der Waals surface area (Å²) in [6.07, 6.45) is -1.68. The van der Waals surface area contributed by atoms with Crippen LogP contribution in [0.4, 0.5) is 0 Å². The Balaban J connectivity index is 4.75. The van der Waals surface area contributed by atoms with Crippen LogP contribution in [0.25, 0.3) is 0 Å². The third kappa shape index (κ3) is 4.00. The molecule has 0 N–H and O–H groups in total. The minimum atomic E-state index is -2.24. The highest BCUT2D eigenvalue weighted by Crippen LogP contribution is 2.16. The molecule has 0 fully saturated rings. The maximum Gasteiger partial charge on any atom is 0.0269 e. The highest BCUT2D eigenvalue weighted by Gasteiger charge is 2.03. The van der Waals surface area contributed by atoms with Crippen molar-refractivity contribution >= 4 is 0 Å². The summed E-state index contributed by atoms with van der Waals surface area (Å²) in [6.45, 7) is 1.88. The summed E-state index contributed by atoms with van der Waals surface area (Å²) >= 11 is 0. The molecule has 0 aliphatic carbocycles. The fourth-order valence-electron chi connectivity index (χ4n) is 0. The fourth-order valence-corrected chi connectivity index (χ4v) is 0. The molecule has 0 rings (SSSR count). The van der Waals surface area contributed by atoms with Gasteiger partial charge in [0.25, 0.3) is 0 Å². The van der Waals surface area contributed by atoms with Crippen LogP contribution in [0.3, 0.4) is 0 Å². The van der Waals surface area contributed by atoms with Crippen LogP contribution in [-0.2, 0) is 0 Å². The molecule has 0 aromatic carbocycles. The minimum absolute atomic E-state index is 1.29. The minimum Gasteiger partial charge on any atom is -0.0649 e. The average molecular weight is 91.2 g/mol. The van der Waals surface area contributed by atoms with E-state index in [4.69, 9.17) is 6.85 Å². The quantitative estimate of drug-likeness (QED) is 0.429. The van der Waals surface area contributed by atoms with Crippen LogP contribution in [0.5, 0.6) is 0 Å². The van der Waals surface area contributed by atoms with Crippen LogP contribution in [0.15, 0.2) is 0 Å². The molecular weight excluding hydrogens is 72.1 g/mol. The Morgan fingerprint density at radius 1 is 1.83 bits per heavy atom. The van der Waals surface area contributed by atoms with Crippen molar-refractivity contribution < 1.29 is 6.85 Å². The van der Waals surface area contributed by atoms with Crippen molar-refractivity contribution in [3.8, 4) is 0 Å². The lowest BCUT2D eigenvalue weighted by Gasteiger charge is -2.12. The summed E-state index contributed by atoms with van der Waals surface area (Å²) in [6, 6.07) is 0. The van der Waals surface area contributed by atoms with Crippen LogP contribution < -0.4 is 0 Å². The average Bonchev–Trinajstić information content (AvgIpc) is 1.58. The summed E-state index contributed by atoms with van der Waals surface area (Å²) in [5.74, 6) is 0. The second kappa shape index (κ2) is 1.63. The van der Waals surface area contributed by atoms with Crippen molar-refractivity contribution in [1.29, 1.82) is 0 Å². The van der Waals surface area contributed by atoms with Gasteiger partial charge in [0.15, 0.2) is 0 Å². The number of hydrogen-bond donors (Lipinski definition) is 0. The summed E-state index contributed by atoms with van der Waals surface area (Å²) < 4.78 is 35.8. The second-order valence-corrected chi connectivity index (χ2v) is 1.88. The van der Waals surface area contributed by atoms with Gasteiger partial charge in [0.05, 0.1) is 0 Å². The Bertz CT molecular complexity index is 122. The van der Waals surface area contributed by atoms with Gasteiger partial charge in [-0.25, -0.2) is 0 Å². The normalized spacial score (nSPS) is 28.8. The number of rotatable bonds is 0. The van der Waals surface area contributed by atoms with E-state index in [1.165, 1.54) is 20.8 Å². The summed E-state index contributed by atoms with van der Waals surface area (Å²) in [7, 11) is 0. The van der Waals surface area contributed by atoms with E-state index in [1.807, 2.05) is 0 Å². The molecule has 0 aliphatic heterocycles. The van der Waals surface area contributed by atoms with Gasteiger partial charge in [0.2, 0.25) is 0 Å². The summed E-state index contributed by atoms with van der Waals surface area (Å²) in [5, 5.41) is 0. The van der Waals surface area contributed by atoms with E-state index in [1.54, 1.807) is 0 Å². The molecule has 0 aromatic rings. The third-order valence-electron chi connectivity index (χ3n) is 0.625. The van der Waals surface area contributed by atoms with E-state index in [0.29, 0.717) is 0 Å². The highest BCUT2D eigenvalue weighted by molar-refractivity contribution is 4.55. The molecule has 0 unspecified atom stereocenters. The Morgan fingerprint density at radius 2 is 2.33 bits per heavy atom. The van der Waals surface area contributed by atoms with Crippen LogP contribution in [0, 0.1) is 5.41 Å². The second-order valence-electron chi connectivity index (χ2n) is 1.88. The van der Waals surface area contributed by atoms with Gasteiger partial charge in [-0.3, -0.25) is 0 Å². The Morgan fingerprint density at radius 3 is 2.33 bits per heavy atom. The van der Waals surface area contributed by atoms with Crippen molar-refractivity contribution in [2.75, 3.05) is 0 Å². The predicted octanol–water partition coefficient (Wildman–Crippen LogP) is 2.44. The zero-order chi connectivity index (χ0) is 9.50. The SMILES string of the molecule is [2H]C([2H])([2H])C(C)(C)C([2H])([2H])C. The topological polar surface area (TPSA) is 0 Å². The van der Waals surface area contributed by atoms with Gasteiger partial charge in [-0.15, -0.1) is 0 Å². The first-order chi connectivity index (χ1) is 4.50. The van der Waals surface area contributed by atoms with Crippen molar-refractivity contribution in [2.45, 2.75) is 34.0 Å². The molecule has 0 heterocycles. The zero-order valence-corrected chi connectivity index (χ0v) is 4.50. The number of hydrogen-bond acceptors (Lipinski definition) is 0. The Labute approximate surface area is 47.6 Å². The van der Waals surface area contributed by atoms with Gasteiger partial charge >= 0.3 is 0 Å². The molecule has 0 spiro atoms. The molecule has 38 valence electrons. The predicted molar refractivity (Wildman–Crippen MR) is 29.7 cm³/mol. The van der Waals surface area contributed by atoms with Gasteiger partial charge in [-0.05, 0) is 5.41 Å². The van der Waals surface area contributed by atoms with E-state index >= 15 is 0 Å². The van der Waals surface area contributed by atoms with E-state index in [2.05, 4.69) is 0 Å². The lowest BCUT2D eigenvalue weighted by molar-refractivity contribution is 0.398. The molecule has 0 amide bonds. The maximum atomic E-state index is 7.30. The summed E-state index contributed by atoms with van der Waals surface area (Å²) in [5.41, 5.74) is -1.29. The van der Waals surface area contributed by atoms with Crippen LogP contribution in [-0.4, -0.2) is 0 Å². The molecule has 0 atom stereocenters. The van der Waals surface area contributed by atoms with Gasteiger partial charge in [0, 0.05) is 6.85 Å². The molecule has 0 radical (unpaired) electrons. The molecule has 0 saturated heterocycles. The van der Waals surface area contributed by atoms with E-state index < -0.39 is 18.6 Å². The molecule has 0 nitrogen and oxygen atoms in total. The van der Waals surface area contributed by atoms with Gasteiger partial charge in [0.1, 0.15) is 0 Å². The molecule has 6 heavy (non-hydrogen) atoms. The smallest absolute Gasteiger partial charge is 0.0269 e. The van der Waals surface area contributed by atoms with E-state index in [0.717, 1.165) is 0 Å². The largest absolute Gasteiger partial charge is 0.0649 e. The maximum absolute atomic E-state index is 7.30. The molecule has 0 bridgehead atoms. The van der Waals surface area contributed by atoms with Crippen molar-refractivity contribution in [1.82, 2.24) is 0 Å². The van der Waals surface area contributed by atoms with Crippen LogP contribution in [0.1, 0.15) is 40.8 Å². The fraction of sp³-hybridized carbons (Fsp3) is 1.00. The van der Waals surface area contributed by atoms with Crippen molar-refractivity contribution in [3.05, 3.63) is 0 Å². The molecule has 0 aromatic heterocycles. The van der Waals surface area contributed by atoms with Gasteiger partial charge in [-0.2, -0.15) is 0 Å². The molecular formula is C6H14. The lowest BCUT2D eigenvalue weighted by atomic mass is 9.94. The molecule has 0 heteroatoms. The zero-order valence-electron chi connectivity index (χ0n) is 9.50. The van der Waals surface area contributed by atoms with Crippen molar-refractivity contribution in [2.24, 2.45) is 5.41 Å². The monoisotopic (exact) mass is 91.1 g/mol. The van der Waals surface area contributed by atoms with Crippen molar-refractivity contribution in [3.63, 3.8) is 0 Å². The van der Waals surface area contributed by atoms with Gasteiger partial charge in [-0.1, -0.05) is 34.0 Å². The van der Waals surface area contributed by atoms with E-state index in [9.17, 15) is 0 Å². The van der Waals surface area contributed by atoms with Gasteiger partial charge < -0.3 is 0 Å². The third-order valence-corrected chi connectivity index (χ3v) is 0.625. The highest BCUT2D eigenvalue weighted by atomic mass is 14.1. The first kappa shape index (κ1) is 1.50. The van der Waals surface area contributed by atoms with Crippen LogP contribution >= 0.6 is 0 Å². The Kier molecular flexibility index (Phi) is 0.408. The molecule has 0 aliphatic rings. The van der Waals surface area contributed by atoms with E-state index in [-0.39, 0.29) is 0 Å². The summed E-state index contributed by atoms with van der Waals surface area (Å²) in [4.78, 5) is 0.